The Kier molecular flexibility index (Phi) is 4.82. The number of nitrogens with zero attached hydrogens (tertiary/aromatic N) is 4. The van der Waals surface area contributed by atoms with Crippen LogP contribution in [-0.4, -0.2) is 51.8 Å². The van der Waals surface area contributed by atoms with Gasteiger partial charge in [0.2, 0.25) is 0 Å². The minimum absolute atomic E-state index is 0.0484. The van der Waals surface area contributed by atoms with E-state index in [9.17, 15) is 4.79 Å². The summed E-state index contributed by atoms with van der Waals surface area (Å²) < 4.78 is 7.36. The number of nitrogens with one attached hydrogen (secondary N) is 1. The van der Waals surface area contributed by atoms with Crippen LogP contribution in [0.5, 0.6) is 0 Å². The van der Waals surface area contributed by atoms with Gasteiger partial charge in [-0.1, -0.05) is 0 Å². The topological polar surface area (TPSA) is 72.3 Å². The minimum Gasteiger partial charge on any atom is -0.374 e. The van der Waals surface area contributed by atoms with Crippen LogP contribution in [0.3, 0.4) is 0 Å². The minimum atomic E-state index is -0.118. The number of hydrogen-bond acceptors (Lipinski definition) is 7. The number of ether oxygens (including phenoxy) is 1. The van der Waals surface area contributed by atoms with Crippen LogP contribution >= 0.6 is 11.3 Å². The summed E-state index contributed by atoms with van der Waals surface area (Å²) in [6.07, 6.45) is 6.92. The van der Waals surface area contributed by atoms with Gasteiger partial charge in [0.15, 0.2) is 5.82 Å². The van der Waals surface area contributed by atoms with Crippen LogP contribution in [0.2, 0.25) is 0 Å². The SMILES string of the molecule is Cn1ccnc(NCC2CN(Cc3nc4c(s3)CCC4)CCO2)c1=O. The molecule has 1 saturated heterocycles. The summed E-state index contributed by atoms with van der Waals surface area (Å²) in [6.45, 7) is 3.94. The number of aromatic nitrogens is 3. The summed E-state index contributed by atoms with van der Waals surface area (Å²) in [5.74, 6) is 0.377. The second kappa shape index (κ2) is 7.23. The van der Waals surface area contributed by atoms with E-state index in [1.165, 1.54) is 33.0 Å². The lowest BCUT2D eigenvalue weighted by molar-refractivity contribution is -0.0241. The van der Waals surface area contributed by atoms with Gasteiger partial charge < -0.3 is 14.6 Å². The summed E-state index contributed by atoms with van der Waals surface area (Å²) in [6, 6.07) is 0. The largest absolute Gasteiger partial charge is 0.374 e. The first-order valence-corrected chi connectivity index (χ1v) is 9.57. The number of anilines is 1. The van der Waals surface area contributed by atoms with Gasteiger partial charge in [-0.05, 0) is 19.3 Å². The zero-order valence-electron chi connectivity index (χ0n) is 14.4. The highest BCUT2D eigenvalue weighted by Gasteiger charge is 2.23. The fraction of sp³-hybridized carbons (Fsp3) is 0.588. The fourth-order valence-corrected chi connectivity index (χ4v) is 4.58. The van der Waals surface area contributed by atoms with Gasteiger partial charge in [0, 0.05) is 44.0 Å². The van der Waals surface area contributed by atoms with Crippen molar-refractivity contribution in [1.29, 1.82) is 0 Å². The average molecular weight is 361 g/mol. The smallest absolute Gasteiger partial charge is 0.293 e. The Morgan fingerprint density at radius 2 is 2.36 bits per heavy atom. The van der Waals surface area contributed by atoms with Gasteiger partial charge in [0.25, 0.3) is 5.56 Å². The molecule has 4 rings (SSSR count). The van der Waals surface area contributed by atoms with Crippen molar-refractivity contribution in [1.82, 2.24) is 19.4 Å². The highest BCUT2D eigenvalue weighted by molar-refractivity contribution is 7.11. The summed E-state index contributed by atoms with van der Waals surface area (Å²) >= 11 is 1.87. The van der Waals surface area contributed by atoms with E-state index >= 15 is 0 Å². The number of hydrogen-bond donors (Lipinski definition) is 1. The van der Waals surface area contributed by atoms with Crippen LogP contribution in [0.4, 0.5) is 5.82 Å². The van der Waals surface area contributed by atoms with E-state index < -0.39 is 0 Å². The first kappa shape index (κ1) is 16.7. The van der Waals surface area contributed by atoms with Crippen LogP contribution in [0.1, 0.15) is 22.0 Å². The van der Waals surface area contributed by atoms with Crippen LogP contribution in [0.25, 0.3) is 0 Å². The standard InChI is InChI=1S/C17H23N5O2S/c1-21-6-5-18-16(17(21)23)19-9-12-10-22(7-8-24-12)11-15-20-13-3-2-4-14(13)25-15/h5-6,12H,2-4,7-11H2,1H3,(H,18,19). The summed E-state index contributed by atoms with van der Waals surface area (Å²) in [4.78, 5) is 24.8. The second-order valence-electron chi connectivity index (χ2n) is 6.63. The van der Waals surface area contributed by atoms with Gasteiger partial charge >= 0.3 is 0 Å². The second-order valence-corrected chi connectivity index (χ2v) is 7.80. The van der Waals surface area contributed by atoms with Gasteiger partial charge in [0.1, 0.15) is 5.01 Å². The van der Waals surface area contributed by atoms with Crippen LogP contribution < -0.4 is 10.9 Å². The Hall–Kier alpha value is -1.77. The first-order chi connectivity index (χ1) is 12.2. The molecule has 8 heteroatoms. The molecule has 0 aromatic carbocycles. The van der Waals surface area contributed by atoms with Crippen LogP contribution in [-0.2, 0) is 31.2 Å². The molecule has 1 unspecified atom stereocenters. The van der Waals surface area contributed by atoms with Gasteiger partial charge in [-0.3, -0.25) is 9.69 Å². The monoisotopic (exact) mass is 361 g/mol. The Bertz CT molecular complexity index is 781. The number of rotatable bonds is 5. The average Bonchev–Trinajstić information content (AvgIpc) is 3.18. The number of morpholine rings is 1. The molecule has 2 aromatic heterocycles. The molecule has 0 amide bonds. The quantitative estimate of drug-likeness (QED) is 0.858. The van der Waals surface area contributed by atoms with Crippen molar-refractivity contribution in [2.45, 2.75) is 31.9 Å². The van der Waals surface area contributed by atoms with Crippen molar-refractivity contribution >= 4 is 17.2 Å². The summed E-state index contributed by atoms with van der Waals surface area (Å²) in [5, 5.41) is 4.35. The van der Waals surface area contributed by atoms with Gasteiger partial charge in [0.05, 0.1) is 24.9 Å². The van der Waals surface area contributed by atoms with Crippen molar-refractivity contribution in [2.24, 2.45) is 7.05 Å². The lowest BCUT2D eigenvalue weighted by Gasteiger charge is -2.32. The maximum Gasteiger partial charge on any atom is 0.293 e. The molecule has 0 radical (unpaired) electrons. The van der Waals surface area contributed by atoms with Crippen molar-refractivity contribution in [2.75, 3.05) is 31.6 Å². The molecule has 1 N–H and O–H groups in total. The first-order valence-electron chi connectivity index (χ1n) is 8.76. The van der Waals surface area contributed by atoms with Crippen molar-refractivity contribution in [3.63, 3.8) is 0 Å². The van der Waals surface area contributed by atoms with Crippen LogP contribution in [0.15, 0.2) is 17.2 Å². The Balaban J connectivity index is 1.33. The van der Waals surface area contributed by atoms with Gasteiger partial charge in [-0.2, -0.15) is 0 Å². The third-order valence-electron chi connectivity index (χ3n) is 4.74. The predicted octanol–water partition coefficient (Wildman–Crippen LogP) is 1.04. The van der Waals surface area contributed by atoms with E-state index in [0.717, 1.165) is 26.1 Å². The Morgan fingerprint density at radius 3 is 3.24 bits per heavy atom. The van der Waals surface area contributed by atoms with E-state index in [-0.39, 0.29) is 11.7 Å². The molecular formula is C17H23N5O2S. The molecular weight excluding hydrogens is 338 g/mol. The Morgan fingerprint density at radius 1 is 1.44 bits per heavy atom. The lowest BCUT2D eigenvalue weighted by Crippen LogP contribution is -2.45. The molecule has 25 heavy (non-hydrogen) atoms. The fourth-order valence-electron chi connectivity index (χ4n) is 3.38. The van der Waals surface area contributed by atoms with Crippen LogP contribution in [0, 0.1) is 0 Å². The third kappa shape index (κ3) is 3.75. The number of fused-ring (bicyclic) bond motifs is 1. The molecule has 1 aliphatic heterocycles. The van der Waals surface area contributed by atoms with Gasteiger partial charge in [-0.15, -0.1) is 11.3 Å². The molecule has 0 spiro atoms. The molecule has 2 aliphatic rings. The maximum atomic E-state index is 12.0. The van der Waals surface area contributed by atoms with Crippen molar-refractivity contribution in [3.05, 3.63) is 38.3 Å². The molecule has 0 saturated carbocycles. The zero-order chi connectivity index (χ0) is 17.2. The molecule has 0 bridgehead atoms. The highest BCUT2D eigenvalue weighted by atomic mass is 32.1. The Labute approximate surface area is 150 Å². The van der Waals surface area contributed by atoms with Gasteiger partial charge in [-0.25, -0.2) is 9.97 Å². The zero-order valence-corrected chi connectivity index (χ0v) is 15.2. The molecule has 7 nitrogen and oxygen atoms in total. The number of thiazole rings is 1. The molecule has 134 valence electrons. The molecule has 2 aromatic rings. The van der Waals surface area contributed by atoms with Crippen molar-refractivity contribution < 1.29 is 4.74 Å². The van der Waals surface area contributed by atoms with Crippen molar-refractivity contribution in [3.8, 4) is 0 Å². The normalized spacial score (nSPS) is 20.6. The summed E-state index contributed by atoms with van der Waals surface area (Å²) in [7, 11) is 1.72. The molecule has 1 aliphatic carbocycles. The lowest BCUT2D eigenvalue weighted by atomic mass is 10.2. The van der Waals surface area contributed by atoms with E-state index in [1.54, 1.807) is 19.4 Å². The predicted molar refractivity (Wildman–Crippen MR) is 97.1 cm³/mol. The molecule has 1 atom stereocenters. The summed E-state index contributed by atoms with van der Waals surface area (Å²) in [5.41, 5.74) is 1.20. The number of aryl methyl sites for hydroxylation is 3. The van der Waals surface area contributed by atoms with E-state index in [4.69, 9.17) is 9.72 Å². The highest BCUT2D eigenvalue weighted by Crippen LogP contribution is 2.28. The third-order valence-corrected chi connectivity index (χ3v) is 5.88. The molecule has 3 heterocycles. The van der Waals surface area contributed by atoms with E-state index in [1.807, 2.05) is 11.3 Å². The van der Waals surface area contributed by atoms with E-state index in [2.05, 4.69) is 15.2 Å². The maximum absolute atomic E-state index is 12.0. The van der Waals surface area contributed by atoms with E-state index in [0.29, 0.717) is 19.0 Å². The molecule has 1 fully saturated rings.